The van der Waals surface area contributed by atoms with Gasteiger partial charge in [0, 0.05) is 55.0 Å². The van der Waals surface area contributed by atoms with Crippen LogP contribution in [0.1, 0.15) is 25.0 Å². The first kappa shape index (κ1) is 33.6. The molecule has 0 radical (unpaired) electrons. The SMILES string of the molecule is CC1(C)c2cc3c(cc2-c2cc4c5ccccc5n(-c5cccc(-c6nc(-c7ccccc7)cc(-c7ccccc7)n6)c5)c4cc21)c1ccccc1n3-c1ccccc1. The smallest absolute Gasteiger partial charge is 0.160 e. The first-order valence-electron chi connectivity index (χ1n) is 20.3. The summed E-state index contributed by atoms with van der Waals surface area (Å²) >= 11 is 0. The molecule has 12 rings (SSSR count). The molecule has 8 aromatic carbocycles. The number of hydrogen-bond acceptors (Lipinski definition) is 2. The van der Waals surface area contributed by atoms with E-state index >= 15 is 0 Å². The quantitative estimate of drug-likeness (QED) is 0.175. The van der Waals surface area contributed by atoms with Crippen molar-refractivity contribution in [3.8, 4) is 56.4 Å². The van der Waals surface area contributed by atoms with Gasteiger partial charge in [-0.2, -0.15) is 0 Å². The molecule has 1 aliphatic carbocycles. The summed E-state index contributed by atoms with van der Waals surface area (Å²) in [7, 11) is 0. The van der Waals surface area contributed by atoms with Gasteiger partial charge in [-0.1, -0.05) is 141 Å². The maximum absolute atomic E-state index is 5.18. The maximum atomic E-state index is 5.18. The van der Waals surface area contributed by atoms with E-state index in [0.29, 0.717) is 5.82 Å². The molecular weight excluding hydrogens is 717 g/mol. The van der Waals surface area contributed by atoms with Crippen LogP contribution in [-0.2, 0) is 5.41 Å². The van der Waals surface area contributed by atoms with Crippen molar-refractivity contribution in [1.82, 2.24) is 19.1 Å². The number of hydrogen-bond donors (Lipinski definition) is 0. The molecule has 3 aromatic heterocycles. The summed E-state index contributed by atoms with van der Waals surface area (Å²) in [6, 6.07) is 69.8. The Morgan fingerprint density at radius 2 is 0.797 bits per heavy atom. The Hall–Kier alpha value is -7.56. The molecule has 278 valence electrons. The molecule has 0 atom stereocenters. The summed E-state index contributed by atoms with van der Waals surface area (Å²) in [4.78, 5) is 10.4. The molecular formula is C55H38N4. The number of rotatable bonds is 5. The van der Waals surface area contributed by atoms with E-state index in [2.05, 4.69) is 205 Å². The van der Waals surface area contributed by atoms with Crippen LogP contribution in [0.3, 0.4) is 0 Å². The third kappa shape index (κ3) is 5.09. The predicted molar refractivity (Wildman–Crippen MR) is 245 cm³/mol. The van der Waals surface area contributed by atoms with Crippen molar-refractivity contribution < 1.29 is 0 Å². The Labute approximate surface area is 342 Å². The van der Waals surface area contributed by atoms with Crippen LogP contribution in [0.2, 0.25) is 0 Å². The van der Waals surface area contributed by atoms with Crippen LogP contribution in [-0.4, -0.2) is 19.1 Å². The zero-order chi connectivity index (χ0) is 39.2. The molecule has 0 spiro atoms. The van der Waals surface area contributed by atoms with Gasteiger partial charge in [0.05, 0.1) is 33.5 Å². The zero-order valence-corrected chi connectivity index (χ0v) is 32.8. The van der Waals surface area contributed by atoms with Crippen LogP contribution in [0.25, 0.3) is 100 Å². The van der Waals surface area contributed by atoms with Gasteiger partial charge >= 0.3 is 0 Å². The van der Waals surface area contributed by atoms with Gasteiger partial charge in [0.25, 0.3) is 0 Å². The highest BCUT2D eigenvalue weighted by Crippen LogP contribution is 2.53. The fourth-order valence-corrected chi connectivity index (χ4v) is 9.66. The third-order valence-corrected chi connectivity index (χ3v) is 12.5. The van der Waals surface area contributed by atoms with Crippen LogP contribution in [0.4, 0.5) is 0 Å². The fraction of sp³-hybridized carbons (Fsp3) is 0.0545. The summed E-state index contributed by atoms with van der Waals surface area (Å²) in [5, 5.41) is 5.03. The van der Waals surface area contributed by atoms with Gasteiger partial charge in [0.2, 0.25) is 0 Å². The highest BCUT2D eigenvalue weighted by Gasteiger charge is 2.37. The van der Waals surface area contributed by atoms with Gasteiger partial charge in [-0.15, -0.1) is 0 Å². The van der Waals surface area contributed by atoms with E-state index in [0.717, 1.165) is 33.8 Å². The zero-order valence-electron chi connectivity index (χ0n) is 32.8. The van der Waals surface area contributed by atoms with Gasteiger partial charge in [-0.25, -0.2) is 9.97 Å². The normalized spacial score (nSPS) is 13.1. The molecule has 59 heavy (non-hydrogen) atoms. The van der Waals surface area contributed by atoms with E-state index in [1.165, 1.54) is 71.6 Å². The van der Waals surface area contributed by atoms with Crippen LogP contribution in [0.5, 0.6) is 0 Å². The maximum Gasteiger partial charge on any atom is 0.160 e. The second kappa shape index (κ2) is 12.7. The molecule has 3 heterocycles. The molecule has 0 amide bonds. The molecule has 0 fully saturated rings. The lowest BCUT2D eigenvalue weighted by Gasteiger charge is -2.22. The number of aromatic nitrogens is 4. The largest absolute Gasteiger partial charge is 0.309 e. The van der Waals surface area contributed by atoms with Crippen molar-refractivity contribution in [3.63, 3.8) is 0 Å². The number of fused-ring (bicyclic) bond motifs is 9. The molecule has 0 unspecified atom stereocenters. The third-order valence-electron chi connectivity index (χ3n) is 12.5. The second-order valence-electron chi connectivity index (χ2n) is 16.2. The minimum Gasteiger partial charge on any atom is -0.309 e. The predicted octanol–water partition coefficient (Wildman–Crippen LogP) is 14.0. The Morgan fingerprint density at radius 3 is 1.34 bits per heavy atom. The molecule has 0 bridgehead atoms. The number of nitrogens with zero attached hydrogens (tertiary/aromatic N) is 4. The molecule has 1 aliphatic rings. The van der Waals surface area contributed by atoms with Crippen molar-refractivity contribution in [2.45, 2.75) is 19.3 Å². The molecule has 11 aromatic rings. The van der Waals surface area contributed by atoms with Gasteiger partial charge in [0.1, 0.15) is 0 Å². The lowest BCUT2D eigenvalue weighted by molar-refractivity contribution is 0.661. The summed E-state index contributed by atoms with van der Waals surface area (Å²) in [6.07, 6.45) is 0. The van der Waals surface area contributed by atoms with Gasteiger partial charge in [-0.3, -0.25) is 0 Å². The summed E-state index contributed by atoms with van der Waals surface area (Å²) in [6.45, 7) is 4.78. The Balaban J connectivity index is 1.06. The Bertz CT molecular complexity index is 3390. The molecule has 0 saturated heterocycles. The monoisotopic (exact) mass is 754 g/mol. The van der Waals surface area contributed by atoms with Gasteiger partial charge in [-0.05, 0) is 89.0 Å². The number of para-hydroxylation sites is 3. The van der Waals surface area contributed by atoms with E-state index in [1.807, 2.05) is 12.1 Å². The fourth-order valence-electron chi connectivity index (χ4n) is 9.66. The lowest BCUT2D eigenvalue weighted by atomic mass is 9.82. The molecule has 0 N–H and O–H groups in total. The van der Waals surface area contributed by atoms with Gasteiger partial charge < -0.3 is 9.13 Å². The molecule has 0 saturated carbocycles. The highest BCUT2D eigenvalue weighted by atomic mass is 15.0. The van der Waals surface area contributed by atoms with E-state index in [4.69, 9.17) is 9.97 Å². The Kier molecular flexibility index (Phi) is 7.24. The Morgan fingerprint density at radius 1 is 0.356 bits per heavy atom. The van der Waals surface area contributed by atoms with Crippen molar-refractivity contribution in [2.24, 2.45) is 0 Å². The van der Waals surface area contributed by atoms with E-state index < -0.39 is 0 Å². The lowest BCUT2D eigenvalue weighted by Crippen LogP contribution is -2.15. The van der Waals surface area contributed by atoms with E-state index in [9.17, 15) is 0 Å². The van der Waals surface area contributed by atoms with Crippen molar-refractivity contribution in [3.05, 3.63) is 205 Å². The molecule has 4 nitrogen and oxygen atoms in total. The number of benzene rings is 8. The van der Waals surface area contributed by atoms with Crippen LogP contribution >= 0.6 is 0 Å². The van der Waals surface area contributed by atoms with Crippen LogP contribution in [0.15, 0.2) is 194 Å². The van der Waals surface area contributed by atoms with Crippen LogP contribution < -0.4 is 0 Å². The summed E-state index contributed by atoms with van der Waals surface area (Å²) in [5.74, 6) is 0.699. The van der Waals surface area contributed by atoms with Crippen molar-refractivity contribution in [1.29, 1.82) is 0 Å². The van der Waals surface area contributed by atoms with E-state index in [1.54, 1.807) is 0 Å². The summed E-state index contributed by atoms with van der Waals surface area (Å²) in [5.41, 5.74) is 17.1. The average Bonchev–Trinajstić information content (AvgIpc) is 3.88. The topological polar surface area (TPSA) is 35.6 Å². The van der Waals surface area contributed by atoms with E-state index in [-0.39, 0.29) is 5.41 Å². The minimum atomic E-state index is -0.228. The molecule has 0 aliphatic heterocycles. The second-order valence-corrected chi connectivity index (χ2v) is 16.2. The summed E-state index contributed by atoms with van der Waals surface area (Å²) < 4.78 is 4.86. The standard InChI is InChI=1S/C55H38N4/c1-55(2)46-32-52-44(40-25-12-14-27-50(40)58(52)38-22-10-5-11-23-38)30-42(46)43-31-45-41-26-13-15-28-51(41)59(53(45)33-47(43)55)39-24-16-21-37(29-39)54-56-48(35-17-6-3-7-18-35)34-49(57-54)36-19-8-4-9-20-36/h3-34H,1-2H3. The average molecular weight is 755 g/mol. The van der Waals surface area contributed by atoms with Crippen molar-refractivity contribution in [2.75, 3.05) is 0 Å². The first-order chi connectivity index (χ1) is 29.0. The first-order valence-corrected chi connectivity index (χ1v) is 20.3. The molecule has 4 heteroatoms. The minimum absolute atomic E-state index is 0.228. The van der Waals surface area contributed by atoms with Crippen LogP contribution in [0, 0.1) is 0 Å². The van der Waals surface area contributed by atoms with Gasteiger partial charge in [0.15, 0.2) is 5.82 Å². The highest BCUT2D eigenvalue weighted by molar-refractivity contribution is 6.14. The van der Waals surface area contributed by atoms with Crippen molar-refractivity contribution >= 4 is 43.6 Å².